The Morgan fingerprint density at radius 3 is 0.889 bits per heavy atom. The Morgan fingerprint density at radius 1 is 0.407 bits per heavy atom. The first kappa shape index (κ1) is 28.9. The molecule has 0 radical (unpaired) electrons. The fourth-order valence-corrected chi connectivity index (χ4v) is 6.73. The van der Waals surface area contributed by atoms with Gasteiger partial charge in [-0.15, -0.1) is 0 Å². The van der Waals surface area contributed by atoms with E-state index in [0.717, 1.165) is 0 Å². The van der Waals surface area contributed by atoms with Crippen LogP contribution in [0.25, 0.3) is 0 Å². The first-order valence-electron chi connectivity index (χ1n) is 11.7. The molecular formula is H26B26S. The van der Waals surface area contributed by atoms with Crippen molar-refractivity contribution in [2.75, 3.05) is 0 Å². The zero-order valence-corrected chi connectivity index (χ0v) is 21.7. The van der Waals surface area contributed by atoms with Crippen LogP contribution in [-0.4, -0.2) is 183 Å². The van der Waals surface area contributed by atoms with Gasteiger partial charge >= 0.3 is 195 Å². The molecule has 0 heterocycles. The van der Waals surface area contributed by atoms with Crippen molar-refractivity contribution < 1.29 is 0 Å². The summed E-state index contributed by atoms with van der Waals surface area (Å²) < 4.78 is 0. The summed E-state index contributed by atoms with van der Waals surface area (Å²) in [4.78, 5) is 0. The molecular weight excluding hydrogens is 313 g/mol. The van der Waals surface area contributed by atoms with Crippen molar-refractivity contribution in [3.63, 3.8) is 0 Å². The van der Waals surface area contributed by atoms with E-state index in [9.17, 15) is 0 Å². The third-order valence-corrected chi connectivity index (χ3v) is 7.76. The van der Waals surface area contributed by atoms with Gasteiger partial charge in [0.25, 0.3) is 0 Å². The van der Waals surface area contributed by atoms with Crippen LogP contribution in [0.2, 0.25) is 0 Å². The average Bonchev–Trinajstić information content (AvgIpc) is 2.49. The van der Waals surface area contributed by atoms with Gasteiger partial charge in [0.15, 0.2) is 0 Å². The molecule has 0 aromatic carbocycles. The molecule has 0 saturated heterocycles. The molecule has 0 rings (SSSR count). The Bertz CT molecular complexity index is 368. The average molecular weight is 339 g/mol. The van der Waals surface area contributed by atoms with Gasteiger partial charge in [0, 0.05) is 0 Å². The fraction of sp³-hybridized carbons (Fsp3) is 0. The summed E-state index contributed by atoms with van der Waals surface area (Å²) in [5.41, 5.74) is 0. The van der Waals surface area contributed by atoms with E-state index in [-0.39, 0.29) is 0 Å². The van der Waals surface area contributed by atoms with Gasteiger partial charge in [-0.1, -0.05) is 0 Å². The van der Waals surface area contributed by atoms with Crippen LogP contribution in [0.15, 0.2) is 0 Å². The maximum absolute atomic E-state index is 5.81. The number of rotatable bonds is 12. The third kappa shape index (κ3) is 8.16. The van der Waals surface area contributed by atoms with Gasteiger partial charge in [-0.3, -0.25) is 0 Å². The molecule has 0 amide bonds. The minimum absolute atomic E-state index is 0.516. The molecule has 0 aliphatic rings. The van der Waals surface area contributed by atoms with Crippen molar-refractivity contribution in [1.82, 2.24) is 0 Å². The van der Waals surface area contributed by atoms with Gasteiger partial charge in [0.1, 0.15) is 0 Å². The van der Waals surface area contributed by atoms with Crippen LogP contribution in [0.5, 0.6) is 0 Å². The minimum atomic E-state index is 0.516. The zero-order valence-electron chi connectivity index (χ0n) is 20.9. The first-order chi connectivity index (χ1) is 12.3. The summed E-state index contributed by atoms with van der Waals surface area (Å²) in [6.45, 7) is 0. The van der Waals surface area contributed by atoms with Crippen molar-refractivity contribution in [2.24, 2.45) is 0 Å². The molecule has 0 saturated carbocycles. The van der Waals surface area contributed by atoms with E-state index in [1.54, 1.807) is 0 Å². The molecule has 0 aromatic rings. The predicted octanol–water partition coefficient (Wildman–Crippen LogP) is -16.2. The normalized spacial score (nSPS) is 9.19. The van der Waals surface area contributed by atoms with Crippen molar-refractivity contribution >= 4 is 195 Å². The maximum atomic E-state index is 5.81. The standard InChI is InChI=1S/B26H26S/c1-15(2)21(13)25(20(11)12)22(14-27)26(23(16(3)4)17(5)6)24(18(7)8)19(9)10/h1-13H2. The van der Waals surface area contributed by atoms with Gasteiger partial charge in [-0.05, 0) is 0 Å². The van der Waals surface area contributed by atoms with Crippen molar-refractivity contribution in [3.05, 3.63) is 0 Å². The number of hydrogen-bond donors (Lipinski definition) is 0. The van der Waals surface area contributed by atoms with Crippen LogP contribution < -0.4 is 0 Å². The molecule has 0 aliphatic heterocycles. The molecule has 0 nitrogen and oxygen atoms in total. The Morgan fingerprint density at radius 2 is 0.704 bits per heavy atom. The van der Waals surface area contributed by atoms with Crippen LogP contribution in [0, 0.1) is 0 Å². The quantitative estimate of drug-likeness (QED) is 0.318. The molecule has 27 heavy (non-hydrogen) atoms. The second kappa shape index (κ2) is 13.3. The van der Waals surface area contributed by atoms with Crippen molar-refractivity contribution in [2.45, 2.75) is 0 Å². The summed E-state index contributed by atoms with van der Waals surface area (Å²) >= 11 is 5.81. The van der Waals surface area contributed by atoms with E-state index in [2.05, 4.69) is 107 Å². The van der Waals surface area contributed by atoms with Crippen LogP contribution in [0.4, 0.5) is 0 Å². The predicted molar refractivity (Wildman–Crippen MR) is 193 cm³/mol. The second-order valence-corrected chi connectivity index (χ2v) is 11.6. The van der Waals surface area contributed by atoms with E-state index < -0.39 is 0 Å². The van der Waals surface area contributed by atoms with E-state index in [4.69, 9.17) is 12.1 Å². The van der Waals surface area contributed by atoms with Crippen LogP contribution in [0.3, 0.4) is 0 Å². The Balaban J connectivity index is 6.52. The van der Waals surface area contributed by atoms with E-state index in [1.165, 1.54) is 0 Å². The van der Waals surface area contributed by atoms with Crippen LogP contribution in [0.1, 0.15) is 0 Å². The van der Waals surface area contributed by atoms with Crippen molar-refractivity contribution in [3.8, 4) is 0 Å². The second-order valence-electron chi connectivity index (χ2n) is 11.3. The molecule has 0 bridgehead atoms. The van der Waals surface area contributed by atoms with Gasteiger partial charge in [0.05, 0.1) is 0 Å². The third-order valence-electron chi connectivity index (χ3n) is 7.44. The topological polar surface area (TPSA) is 0 Å². The summed E-state index contributed by atoms with van der Waals surface area (Å²) in [7, 11) is 31.6. The Kier molecular flexibility index (Phi) is 14.3. The Hall–Kier alpha value is 1.91. The van der Waals surface area contributed by atoms with Gasteiger partial charge in [-0.2, -0.15) is 0 Å². The molecule has 0 fully saturated rings. The van der Waals surface area contributed by atoms with Gasteiger partial charge in [0.2, 0.25) is 0 Å². The van der Waals surface area contributed by atoms with E-state index >= 15 is 0 Å². The fourth-order valence-electron chi connectivity index (χ4n) is 6.37. The first-order valence-corrected chi connectivity index (χ1v) is 12.2. The molecule has 110 valence electrons. The van der Waals surface area contributed by atoms with E-state index in [0.29, 0.717) is 76.6 Å². The molecule has 0 unspecified atom stereocenters. The summed E-state index contributed by atoms with van der Waals surface area (Å²) in [5.74, 6) is 0. The summed E-state index contributed by atoms with van der Waals surface area (Å²) in [5, 5.41) is 0. The van der Waals surface area contributed by atoms with Crippen molar-refractivity contribution in [1.29, 1.82) is 0 Å². The molecule has 0 N–H and O–H groups in total. The number of hydrogen-bond acceptors (Lipinski definition) is 1. The molecule has 0 atom stereocenters. The molecule has 27 heteroatoms. The molecule has 0 spiro atoms. The summed E-state index contributed by atoms with van der Waals surface area (Å²) in [6, 6.07) is 2.20. The van der Waals surface area contributed by atoms with Crippen LogP contribution >= 0.6 is 12.1 Å². The van der Waals surface area contributed by atoms with Gasteiger partial charge in [-0.25, -0.2) is 0 Å². The van der Waals surface area contributed by atoms with Crippen LogP contribution in [-0.2, 0) is 0 Å². The molecule has 0 aliphatic carbocycles. The zero-order chi connectivity index (χ0) is 21.6. The van der Waals surface area contributed by atoms with Gasteiger partial charge < -0.3 is 0 Å². The monoisotopic (exact) mass is 344 g/mol. The summed E-state index contributed by atoms with van der Waals surface area (Å²) in [6.07, 6.45) is 8.07. The SMILES string of the molecule is BB(B)B(B)B(B(B)B)B(B=S)B(B(B(B)B)B(B)B)B(B(B)B)B(B)B. The van der Waals surface area contributed by atoms with E-state index in [1.807, 2.05) is 0 Å². The molecule has 0 aromatic heterocycles. The Labute approximate surface area is 194 Å².